The molecular formula is C9H14ClN3O4S. The fraction of sp³-hybridized carbons (Fsp3) is 0.556. The minimum atomic E-state index is -3.67. The fourth-order valence-electron chi connectivity index (χ4n) is 1.12. The smallest absolute Gasteiger partial charge is 0.243 e. The molecule has 0 aromatic carbocycles. The van der Waals surface area contributed by atoms with Crippen molar-refractivity contribution in [1.29, 1.82) is 0 Å². The molecule has 0 aliphatic carbocycles. The lowest BCUT2D eigenvalue weighted by Crippen LogP contribution is -2.35. The van der Waals surface area contributed by atoms with Crippen molar-refractivity contribution in [3.63, 3.8) is 0 Å². The molecule has 1 aromatic rings. The number of halogens is 1. The molecule has 0 bridgehead atoms. The molecule has 1 heterocycles. The molecule has 102 valence electrons. The summed E-state index contributed by atoms with van der Waals surface area (Å²) in [6.07, 6.45) is 1.91. The Morgan fingerprint density at radius 2 is 2.00 bits per heavy atom. The molecule has 0 aliphatic rings. The van der Waals surface area contributed by atoms with E-state index in [-0.39, 0.29) is 29.4 Å². The van der Waals surface area contributed by atoms with Crippen LogP contribution in [0.2, 0.25) is 5.28 Å². The Balaban J connectivity index is 2.67. The molecule has 1 N–H and O–H groups in total. The molecule has 0 saturated heterocycles. The van der Waals surface area contributed by atoms with E-state index in [0.29, 0.717) is 0 Å². The van der Waals surface area contributed by atoms with Crippen LogP contribution in [-0.2, 0) is 19.5 Å². The SMILES string of the molecule is COCC(CNS(=O)(=O)c1cnc(Cl)nc1)OC. The van der Waals surface area contributed by atoms with Gasteiger partial charge in [0.15, 0.2) is 0 Å². The average Bonchev–Trinajstić information content (AvgIpc) is 2.35. The summed E-state index contributed by atoms with van der Waals surface area (Å²) in [6.45, 7) is 0.380. The van der Waals surface area contributed by atoms with Crippen molar-refractivity contribution >= 4 is 21.6 Å². The van der Waals surface area contributed by atoms with Crippen molar-refractivity contribution < 1.29 is 17.9 Å². The number of methoxy groups -OCH3 is 2. The monoisotopic (exact) mass is 295 g/mol. The molecule has 18 heavy (non-hydrogen) atoms. The topological polar surface area (TPSA) is 90.4 Å². The van der Waals surface area contributed by atoms with Gasteiger partial charge in [-0.1, -0.05) is 0 Å². The van der Waals surface area contributed by atoms with Gasteiger partial charge in [-0.3, -0.25) is 0 Å². The summed E-state index contributed by atoms with van der Waals surface area (Å²) in [6, 6.07) is 0. The molecule has 0 spiro atoms. The van der Waals surface area contributed by atoms with Crippen molar-refractivity contribution in [2.45, 2.75) is 11.0 Å². The van der Waals surface area contributed by atoms with E-state index in [4.69, 9.17) is 21.1 Å². The van der Waals surface area contributed by atoms with Gasteiger partial charge >= 0.3 is 0 Å². The Hall–Kier alpha value is -0.800. The highest BCUT2D eigenvalue weighted by molar-refractivity contribution is 7.89. The summed E-state index contributed by atoms with van der Waals surface area (Å²) < 4.78 is 36.0. The van der Waals surface area contributed by atoms with Crippen LogP contribution >= 0.6 is 11.6 Å². The molecule has 0 amide bonds. The third-order valence-electron chi connectivity index (χ3n) is 2.09. The first kappa shape index (κ1) is 15.3. The lowest BCUT2D eigenvalue weighted by Gasteiger charge is -2.14. The van der Waals surface area contributed by atoms with Crippen LogP contribution in [0.5, 0.6) is 0 Å². The van der Waals surface area contributed by atoms with Gasteiger partial charge in [0.1, 0.15) is 4.90 Å². The predicted molar refractivity (Wildman–Crippen MR) is 64.9 cm³/mol. The summed E-state index contributed by atoms with van der Waals surface area (Å²) in [4.78, 5) is 7.16. The van der Waals surface area contributed by atoms with Crippen molar-refractivity contribution in [3.05, 3.63) is 17.7 Å². The van der Waals surface area contributed by atoms with E-state index in [1.807, 2.05) is 0 Å². The Morgan fingerprint density at radius 1 is 1.39 bits per heavy atom. The molecule has 1 aromatic heterocycles. The molecule has 1 rings (SSSR count). The Kier molecular flexibility index (Phi) is 5.89. The lowest BCUT2D eigenvalue weighted by molar-refractivity contribution is 0.0320. The Morgan fingerprint density at radius 3 is 2.50 bits per heavy atom. The largest absolute Gasteiger partial charge is 0.382 e. The van der Waals surface area contributed by atoms with E-state index in [1.165, 1.54) is 14.2 Å². The highest BCUT2D eigenvalue weighted by Gasteiger charge is 2.17. The van der Waals surface area contributed by atoms with Crippen molar-refractivity contribution in [2.75, 3.05) is 27.4 Å². The maximum atomic E-state index is 11.8. The van der Waals surface area contributed by atoms with E-state index in [9.17, 15) is 8.42 Å². The number of hydrogen-bond donors (Lipinski definition) is 1. The molecule has 0 aliphatic heterocycles. The first-order valence-electron chi connectivity index (χ1n) is 4.98. The van der Waals surface area contributed by atoms with Crippen LogP contribution < -0.4 is 4.72 Å². The van der Waals surface area contributed by atoms with Crippen molar-refractivity contribution in [3.8, 4) is 0 Å². The molecule has 1 unspecified atom stereocenters. The van der Waals surface area contributed by atoms with Crippen LogP contribution in [0.1, 0.15) is 0 Å². The van der Waals surface area contributed by atoms with E-state index in [2.05, 4.69) is 14.7 Å². The first-order valence-corrected chi connectivity index (χ1v) is 6.84. The quantitative estimate of drug-likeness (QED) is 0.716. The minimum Gasteiger partial charge on any atom is -0.382 e. The molecule has 0 saturated carbocycles. The molecule has 0 fully saturated rings. The summed E-state index contributed by atoms with van der Waals surface area (Å²) in [5.74, 6) is 0. The second-order valence-corrected chi connectivity index (χ2v) is 5.46. The number of hydrogen-bond acceptors (Lipinski definition) is 6. The predicted octanol–water partition coefficient (Wildman–Crippen LogP) is 0.0697. The van der Waals surface area contributed by atoms with Gasteiger partial charge in [0.2, 0.25) is 15.3 Å². The van der Waals surface area contributed by atoms with Gasteiger partial charge in [-0.05, 0) is 11.6 Å². The molecule has 0 radical (unpaired) electrons. The zero-order chi connectivity index (χ0) is 13.6. The molecule has 7 nitrogen and oxygen atoms in total. The van der Waals surface area contributed by atoms with E-state index < -0.39 is 10.0 Å². The standard InChI is InChI=1S/C9H14ClN3O4S/c1-16-6-7(17-2)3-13-18(14,15)8-4-11-9(10)12-5-8/h4-5,7,13H,3,6H2,1-2H3. The Labute approximate surface area is 111 Å². The van der Waals surface area contributed by atoms with Gasteiger partial charge in [0.25, 0.3) is 0 Å². The molecular weight excluding hydrogens is 282 g/mol. The zero-order valence-electron chi connectivity index (χ0n) is 9.96. The van der Waals surface area contributed by atoms with Crippen molar-refractivity contribution in [1.82, 2.24) is 14.7 Å². The number of nitrogens with one attached hydrogen (secondary N) is 1. The third-order valence-corrected chi connectivity index (χ3v) is 3.67. The molecule has 9 heteroatoms. The highest BCUT2D eigenvalue weighted by atomic mass is 35.5. The van der Waals surface area contributed by atoms with E-state index in [1.54, 1.807) is 0 Å². The summed E-state index contributed by atoms with van der Waals surface area (Å²) in [7, 11) is -0.687. The van der Waals surface area contributed by atoms with Gasteiger partial charge in [-0.15, -0.1) is 0 Å². The lowest BCUT2D eigenvalue weighted by atomic mass is 10.4. The zero-order valence-corrected chi connectivity index (χ0v) is 11.5. The molecule has 1 atom stereocenters. The van der Waals surface area contributed by atoms with Crippen LogP contribution in [-0.4, -0.2) is 51.9 Å². The third kappa shape index (κ3) is 4.46. The number of rotatable bonds is 7. The Bertz CT molecular complexity index is 465. The maximum Gasteiger partial charge on any atom is 0.243 e. The van der Waals surface area contributed by atoms with Crippen LogP contribution in [0.3, 0.4) is 0 Å². The van der Waals surface area contributed by atoms with Gasteiger partial charge in [0, 0.05) is 20.8 Å². The summed E-state index contributed by atoms with van der Waals surface area (Å²) in [5, 5.41) is -0.0110. The van der Waals surface area contributed by atoms with E-state index in [0.717, 1.165) is 12.4 Å². The summed E-state index contributed by atoms with van der Waals surface area (Å²) in [5.41, 5.74) is 0. The fourth-order valence-corrected chi connectivity index (χ4v) is 2.17. The van der Waals surface area contributed by atoms with Crippen LogP contribution in [0.15, 0.2) is 17.3 Å². The number of aromatic nitrogens is 2. The van der Waals surface area contributed by atoms with Gasteiger partial charge < -0.3 is 9.47 Å². The summed E-state index contributed by atoms with van der Waals surface area (Å²) >= 11 is 5.48. The van der Waals surface area contributed by atoms with Gasteiger partial charge in [-0.2, -0.15) is 0 Å². The van der Waals surface area contributed by atoms with Crippen LogP contribution in [0.4, 0.5) is 0 Å². The first-order chi connectivity index (χ1) is 8.49. The van der Waals surface area contributed by atoms with Crippen LogP contribution in [0, 0.1) is 0 Å². The van der Waals surface area contributed by atoms with Crippen LogP contribution in [0.25, 0.3) is 0 Å². The van der Waals surface area contributed by atoms with Crippen molar-refractivity contribution in [2.24, 2.45) is 0 Å². The van der Waals surface area contributed by atoms with E-state index >= 15 is 0 Å². The number of nitrogens with zero attached hydrogens (tertiary/aromatic N) is 2. The average molecular weight is 296 g/mol. The second kappa shape index (κ2) is 6.95. The number of ether oxygens (including phenoxy) is 2. The minimum absolute atomic E-state index is 0.0110. The normalized spacial score (nSPS) is 13.5. The highest BCUT2D eigenvalue weighted by Crippen LogP contribution is 2.07. The number of sulfonamides is 1. The second-order valence-electron chi connectivity index (χ2n) is 3.35. The van der Waals surface area contributed by atoms with Gasteiger partial charge in [0.05, 0.1) is 25.1 Å². The maximum absolute atomic E-state index is 11.8. The van der Waals surface area contributed by atoms with Gasteiger partial charge in [-0.25, -0.2) is 23.1 Å².